The number of benzene rings is 1. The molecule has 4 heteroatoms. The Balaban J connectivity index is 2.36. The highest BCUT2D eigenvalue weighted by molar-refractivity contribution is 6.33. The summed E-state index contributed by atoms with van der Waals surface area (Å²) < 4.78 is 4.74. The zero-order valence-electron chi connectivity index (χ0n) is 9.07. The maximum atomic E-state index is 11.0. The van der Waals surface area contributed by atoms with Gasteiger partial charge in [-0.15, -0.1) is 0 Å². The summed E-state index contributed by atoms with van der Waals surface area (Å²) >= 11 is 5.94. The summed E-state index contributed by atoms with van der Waals surface area (Å²) in [6, 6.07) is 7.44. The number of hydrogen-bond donors (Lipinski definition) is 1. The van der Waals surface area contributed by atoms with E-state index in [0.717, 1.165) is 5.69 Å². The van der Waals surface area contributed by atoms with Crippen molar-refractivity contribution in [1.82, 2.24) is 0 Å². The molecule has 0 aliphatic carbocycles. The molecule has 1 aromatic carbocycles. The van der Waals surface area contributed by atoms with E-state index in [0.29, 0.717) is 18.2 Å². The summed E-state index contributed by atoms with van der Waals surface area (Å²) in [5.41, 5.74) is 0.845. The fraction of sp³-hybridized carbons (Fsp3) is 0.250. The molecule has 1 N–H and O–H groups in total. The minimum atomic E-state index is -0.330. The molecular weight excluding hydrogens is 226 g/mol. The van der Waals surface area contributed by atoms with Crippen LogP contribution in [0.3, 0.4) is 0 Å². The monoisotopic (exact) mass is 239 g/mol. The zero-order valence-corrected chi connectivity index (χ0v) is 9.83. The second kappa shape index (κ2) is 6.90. The number of anilines is 1. The number of ether oxygens (including phenoxy) is 1. The smallest absolute Gasteiger partial charge is 0.330 e. The van der Waals surface area contributed by atoms with E-state index in [1.807, 2.05) is 18.2 Å². The topological polar surface area (TPSA) is 38.3 Å². The Morgan fingerprint density at radius 2 is 2.25 bits per heavy atom. The van der Waals surface area contributed by atoms with Crippen molar-refractivity contribution in [3.05, 3.63) is 41.4 Å². The van der Waals surface area contributed by atoms with Crippen LogP contribution in [0.5, 0.6) is 0 Å². The van der Waals surface area contributed by atoms with Crippen LogP contribution in [-0.4, -0.2) is 19.1 Å². The van der Waals surface area contributed by atoms with Crippen molar-refractivity contribution in [3.63, 3.8) is 0 Å². The first-order valence-electron chi connectivity index (χ1n) is 5.05. The lowest BCUT2D eigenvalue weighted by molar-refractivity contribution is -0.137. The predicted octanol–water partition coefficient (Wildman–Crippen LogP) is 2.87. The molecule has 0 heterocycles. The van der Waals surface area contributed by atoms with Crippen LogP contribution in [0.1, 0.15) is 6.92 Å². The molecule has 0 fully saturated rings. The summed E-state index contributed by atoms with van der Waals surface area (Å²) in [6.45, 7) is 2.69. The van der Waals surface area contributed by atoms with E-state index < -0.39 is 0 Å². The third kappa shape index (κ3) is 4.36. The normalized spacial score (nSPS) is 10.4. The second-order valence-electron chi connectivity index (χ2n) is 3.02. The number of hydrogen-bond acceptors (Lipinski definition) is 3. The molecule has 0 bridgehead atoms. The molecule has 0 saturated carbocycles. The van der Waals surface area contributed by atoms with Gasteiger partial charge in [-0.25, -0.2) is 4.79 Å². The summed E-state index contributed by atoms with van der Waals surface area (Å²) in [5, 5.41) is 3.74. The van der Waals surface area contributed by atoms with Crippen LogP contribution < -0.4 is 5.32 Å². The highest BCUT2D eigenvalue weighted by Gasteiger charge is 1.96. The molecule has 0 aliphatic rings. The number of carbonyl (C=O) groups is 1. The quantitative estimate of drug-likeness (QED) is 0.634. The second-order valence-corrected chi connectivity index (χ2v) is 3.42. The lowest BCUT2D eigenvalue weighted by atomic mass is 10.3. The number of halogens is 1. The lowest BCUT2D eigenvalue weighted by Crippen LogP contribution is -2.02. The van der Waals surface area contributed by atoms with Gasteiger partial charge in [0, 0.05) is 12.6 Å². The minimum Gasteiger partial charge on any atom is -0.463 e. The molecule has 0 atom stereocenters. The highest BCUT2D eigenvalue weighted by Crippen LogP contribution is 2.19. The van der Waals surface area contributed by atoms with Crippen molar-refractivity contribution >= 4 is 23.3 Å². The number of para-hydroxylation sites is 1. The van der Waals surface area contributed by atoms with E-state index >= 15 is 0 Å². The average Bonchev–Trinajstić information content (AvgIpc) is 2.27. The number of nitrogens with one attached hydrogen (secondary N) is 1. The van der Waals surface area contributed by atoms with Crippen LogP contribution >= 0.6 is 11.6 Å². The molecule has 0 aromatic heterocycles. The molecule has 3 nitrogen and oxygen atoms in total. The summed E-state index contributed by atoms with van der Waals surface area (Å²) in [5.74, 6) is -0.330. The minimum absolute atomic E-state index is 0.330. The van der Waals surface area contributed by atoms with Gasteiger partial charge in [-0.2, -0.15) is 0 Å². The molecule has 0 saturated heterocycles. The van der Waals surface area contributed by atoms with Crippen molar-refractivity contribution in [2.45, 2.75) is 6.92 Å². The van der Waals surface area contributed by atoms with E-state index in [-0.39, 0.29) is 5.97 Å². The van der Waals surface area contributed by atoms with Gasteiger partial charge in [0.2, 0.25) is 0 Å². The third-order valence-corrected chi connectivity index (χ3v) is 2.15. The van der Waals surface area contributed by atoms with Gasteiger partial charge in [-0.05, 0) is 19.1 Å². The van der Waals surface area contributed by atoms with Crippen LogP contribution in [0.15, 0.2) is 36.4 Å². The van der Waals surface area contributed by atoms with Gasteiger partial charge in [-0.3, -0.25) is 0 Å². The molecule has 86 valence electrons. The molecule has 16 heavy (non-hydrogen) atoms. The highest BCUT2D eigenvalue weighted by atomic mass is 35.5. The van der Waals surface area contributed by atoms with Crippen LogP contribution in [0.2, 0.25) is 5.02 Å². The molecule has 0 spiro atoms. The van der Waals surface area contributed by atoms with E-state index in [4.69, 9.17) is 16.3 Å². The SMILES string of the molecule is CCOC(=O)/C=C/CNc1ccccc1Cl. The van der Waals surface area contributed by atoms with Gasteiger partial charge >= 0.3 is 5.97 Å². The molecule has 0 unspecified atom stereocenters. The van der Waals surface area contributed by atoms with Crippen LogP contribution in [0.25, 0.3) is 0 Å². The van der Waals surface area contributed by atoms with Crippen LogP contribution in [0, 0.1) is 0 Å². The van der Waals surface area contributed by atoms with Gasteiger partial charge in [-0.1, -0.05) is 29.8 Å². The van der Waals surface area contributed by atoms with E-state index in [1.165, 1.54) is 6.08 Å². The first-order valence-corrected chi connectivity index (χ1v) is 5.43. The Hall–Kier alpha value is -1.48. The van der Waals surface area contributed by atoms with Crippen LogP contribution in [-0.2, 0) is 9.53 Å². The number of rotatable bonds is 5. The van der Waals surface area contributed by atoms with Crippen molar-refractivity contribution in [2.24, 2.45) is 0 Å². The third-order valence-electron chi connectivity index (χ3n) is 1.82. The van der Waals surface area contributed by atoms with Crippen molar-refractivity contribution < 1.29 is 9.53 Å². The standard InChI is InChI=1S/C12H14ClNO2/c1-2-16-12(15)8-5-9-14-11-7-4-3-6-10(11)13/h3-8,14H,2,9H2,1H3/b8-5+. The first-order chi connectivity index (χ1) is 7.74. The molecule has 0 aliphatic heterocycles. The van der Waals surface area contributed by atoms with Crippen molar-refractivity contribution in [2.75, 3.05) is 18.5 Å². The summed E-state index contributed by atoms with van der Waals surface area (Å²) in [4.78, 5) is 11.0. The Morgan fingerprint density at radius 1 is 1.50 bits per heavy atom. The molecular formula is C12H14ClNO2. The molecule has 1 rings (SSSR count). The molecule has 0 amide bonds. The van der Waals surface area contributed by atoms with E-state index in [2.05, 4.69) is 5.32 Å². The van der Waals surface area contributed by atoms with Gasteiger partial charge in [0.05, 0.1) is 17.3 Å². The van der Waals surface area contributed by atoms with Crippen molar-refractivity contribution in [1.29, 1.82) is 0 Å². The van der Waals surface area contributed by atoms with E-state index in [9.17, 15) is 4.79 Å². The van der Waals surface area contributed by atoms with E-state index in [1.54, 1.807) is 19.1 Å². The summed E-state index contributed by atoms with van der Waals surface area (Å²) in [6.07, 6.45) is 3.09. The molecule has 1 aromatic rings. The number of carbonyl (C=O) groups excluding carboxylic acids is 1. The average molecular weight is 240 g/mol. The first kappa shape index (κ1) is 12.6. The fourth-order valence-corrected chi connectivity index (χ4v) is 1.32. The maximum absolute atomic E-state index is 11.0. The Labute approximate surface area is 100 Å². The van der Waals surface area contributed by atoms with Gasteiger partial charge < -0.3 is 10.1 Å². The van der Waals surface area contributed by atoms with Gasteiger partial charge in [0.25, 0.3) is 0 Å². The Bertz CT molecular complexity index is 377. The lowest BCUT2D eigenvalue weighted by Gasteiger charge is -2.04. The zero-order chi connectivity index (χ0) is 11.8. The van der Waals surface area contributed by atoms with Crippen LogP contribution in [0.4, 0.5) is 5.69 Å². The fourth-order valence-electron chi connectivity index (χ4n) is 1.12. The van der Waals surface area contributed by atoms with Crippen molar-refractivity contribution in [3.8, 4) is 0 Å². The Morgan fingerprint density at radius 3 is 2.94 bits per heavy atom. The Kier molecular flexibility index (Phi) is 5.43. The largest absolute Gasteiger partial charge is 0.463 e. The maximum Gasteiger partial charge on any atom is 0.330 e. The van der Waals surface area contributed by atoms with Gasteiger partial charge in [0.15, 0.2) is 0 Å². The van der Waals surface area contributed by atoms with Gasteiger partial charge in [0.1, 0.15) is 0 Å². The number of esters is 1. The summed E-state index contributed by atoms with van der Waals surface area (Å²) in [7, 11) is 0. The molecule has 0 radical (unpaired) electrons. The predicted molar refractivity (Wildman–Crippen MR) is 65.7 cm³/mol.